The Balaban J connectivity index is 1.66. The predicted molar refractivity (Wildman–Crippen MR) is 126 cm³/mol. The van der Waals surface area contributed by atoms with E-state index in [2.05, 4.69) is 0 Å². The largest absolute Gasteiger partial charge is 0.507 e. The van der Waals surface area contributed by atoms with E-state index >= 15 is 0 Å². The highest BCUT2D eigenvalue weighted by atomic mass is 16.7. The Morgan fingerprint density at radius 2 is 1.79 bits per heavy atom. The van der Waals surface area contributed by atoms with Crippen molar-refractivity contribution in [1.82, 2.24) is 0 Å². The SMILES string of the molecule is CCOc1ccc(/C(O)=C2\C(=O)C(=O)N(c3ccc4c(c3)OCO4)C2c2ccccc2)cc1C. The number of benzene rings is 3. The molecule has 34 heavy (non-hydrogen) atoms. The maximum Gasteiger partial charge on any atom is 0.300 e. The number of nitrogens with zero attached hydrogens (tertiary/aromatic N) is 1. The predicted octanol–water partition coefficient (Wildman–Crippen LogP) is 4.75. The molecule has 1 N–H and O–H groups in total. The fourth-order valence-corrected chi connectivity index (χ4v) is 4.35. The Labute approximate surface area is 196 Å². The first-order valence-corrected chi connectivity index (χ1v) is 11.0. The average molecular weight is 457 g/mol. The van der Waals surface area contributed by atoms with Gasteiger partial charge in [0.1, 0.15) is 11.5 Å². The van der Waals surface area contributed by atoms with Crippen LogP contribution in [0.1, 0.15) is 29.7 Å². The van der Waals surface area contributed by atoms with Crippen LogP contribution in [0.2, 0.25) is 0 Å². The minimum Gasteiger partial charge on any atom is -0.507 e. The number of anilines is 1. The minimum absolute atomic E-state index is 0.0254. The van der Waals surface area contributed by atoms with Gasteiger partial charge in [0.2, 0.25) is 6.79 Å². The van der Waals surface area contributed by atoms with Gasteiger partial charge in [-0.1, -0.05) is 30.3 Å². The van der Waals surface area contributed by atoms with Gasteiger partial charge < -0.3 is 19.3 Å². The smallest absolute Gasteiger partial charge is 0.300 e. The molecule has 0 aliphatic carbocycles. The monoisotopic (exact) mass is 457 g/mol. The summed E-state index contributed by atoms with van der Waals surface area (Å²) in [7, 11) is 0. The van der Waals surface area contributed by atoms with Gasteiger partial charge in [-0.3, -0.25) is 14.5 Å². The molecular formula is C27H23NO6. The van der Waals surface area contributed by atoms with Crippen molar-refractivity contribution >= 4 is 23.1 Å². The fourth-order valence-electron chi connectivity index (χ4n) is 4.35. The van der Waals surface area contributed by atoms with Crippen molar-refractivity contribution in [3.8, 4) is 17.2 Å². The Bertz CT molecular complexity index is 1310. The molecule has 7 heteroatoms. The van der Waals surface area contributed by atoms with Gasteiger partial charge >= 0.3 is 0 Å². The first-order chi connectivity index (χ1) is 16.5. The summed E-state index contributed by atoms with van der Waals surface area (Å²) < 4.78 is 16.4. The standard InChI is InChI=1S/C27H23NO6/c1-3-32-20-11-9-18(13-16(20)2)25(29)23-24(17-7-5-4-6-8-17)28(27(31)26(23)30)19-10-12-21-22(14-19)34-15-33-21/h4-14,24,29H,3,15H2,1-2H3/b25-23+. The van der Waals surface area contributed by atoms with Crippen molar-refractivity contribution in [2.75, 3.05) is 18.3 Å². The van der Waals surface area contributed by atoms with Gasteiger partial charge in [-0.05, 0) is 55.3 Å². The van der Waals surface area contributed by atoms with E-state index in [0.29, 0.717) is 40.7 Å². The molecule has 3 aromatic carbocycles. The Hall–Kier alpha value is -4.26. The summed E-state index contributed by atoms with van der Waals surface area (Å²) in [6.45, 7) is 4.37. The number of fused-ring (bicyclic) bond motifs is 1. The van der Waals surface area contributed by atoms with Crippen molar-refractivity contribution in [1.29, 1.82) is 0 Å². The number of aliphatic hydroxyl groups is 1. The molecule has 7 nitrogen and oxygen atoms in total. The molecule has 2 aliphatic heterocycles. The van der Waals surface area contributed by atoms with Crippen LogP contribution in [0.5, 0.6) is 17.2 Å². The average Bonchev–Trinajstić information content (AvgIpc) is 3.42. The van der Waals surface area contributed by atoms with Crippen molar-refractivity contribution in [2.45, 2.75) is 19.9 Å². The molecule has 1 saturated heterocycles. The lowest BCUT2D eigenvalue weighted by Crippen LogP contribution is -2.29. The number of aryl methyl sites for hydroxylation is 1. The van der Waals surface area contributed by atoms with E-state index in [1.54, 1.807) is 36.4 Å². The number of hydrogen-bond acceptors (Lipinski definition) is 6. The molecule has 2 heterocycles. The molecule has 172 valence electrons. The number of amides is 1. The van der Waals surface area contributed by atoms with Gasteiger partial charge in [-0.2, -0.15) is 0 Å². The van der Waals surface area contributed by atoms with Crippen LogP contribution in [0.25, 0.3) is 5.76 Å². The van der Waals surface area contributed by atoms with Crippen LogP contribution in [0.4, 0.5) is 5.69 Å². The first-order valence-electron chi connectivity index (χ1n) is 11.0. The lowest BCUT2D eigenvalue weighted by atomic mass is 9.94. The Morgan fingerprint density at radius 1 is 1.03 bits per heavy atom. The number of ether oxygens (including phenoxy) is 3. The van der Waals surface area contributed by atoms with Crippen molar-refractivity contribution in [3.63, 3.8) is 0 Å². The number of Topliss-reactive ketones (excluding diaryl/α,β-unsaturated/α-hetero) is 1. The normalized spacial score (nSPS) is 18.4. The van der Waals surface area contributed by atoms with E-state index < -0.39 is 17.7 Å². The third-order valence-corrected chi connectivity index (χ3v) is 5.94. The second-order valence-corrected chi connectivity index (χ2v) is 8.03. The summed E-state index contributed by atoms with van der Waals surface area (Å²) in [6.07, 6.45) is 0. The van der Waals surface area contributed by atoms with E-state index in [9.17, 15) is 14.7 Å². The molecule has 0 spiro atoms. The highest BCUT2D eigenvalue weighted by Gasteiger charge is 2.47. The summed E-state index contributed by atoms with van der Waals surface area (Å²) in [5.41, 5.74) is 2.45. The minimum atomic E-state index is -0.812. The summed E-state index contributed by atoms with van der Waals surface area (Å²) in [4.78, 5) is 28.0. The second-order valence-electron chi connectivity index (χ2n) is 8.03. The van der Waals surface area contributed by atoms with Crippen molar-refractivity contribution in [3.05, 3.63) is 89.0 Å². The van der Waals surface area contributed by atoms with E-state index in [1.807, 2.05) is 44.2 Å². The molecule has 5 rings (SSSR count). The number of carbonyl (C=O) groups is 2. The van der Waals surface area contributed by atoms with Crippen LogP contribution in [0.15, 0.2) is 72.3 Å². The molecule has 1 unspecified atom stereocenters. The third-order valence-electron chi connectivity index (χ3n) is 5.94. The number of rotatable bonds is 5. The Kier molecular flexibility index (Phi) is 5.45. The quantitative estimate of drug-likeness (QED) is 0.338. The summed E-state index contributed by atoms with van der Waals surface area (Å²) in [6, 6.07) is 18.6. The number of ketones is 1. The third kappa shape index (κ3) is 3.55. The zero-order valence-corrected chi connectivity index (χ0v) is 18.8. The molecule has 0 aromatic heterocycles. The molecule has 0 saturated carbocycles. The van der Waals surface area contributed by atoms with Crippen molar-refractivity contribution in [2.24, 2.45) is 0 Å². The van der Waals surface area contributed by atoms with E-state index in [1.165, 1.54) is 4.90 Å². The van der Waals surface area contributed by atoms with Crippen LogP contribution < -0.4 is 19.1 Å². The molecule has 1 atom stereocenters. The summed E-state index contributed by atoms with van der Waals surface area (Å²) in [5.74, 6) is 0.0448. The topological polar surface area (TPSA) is 85.3 Å². The lowest BCUT2D eigenvalue weighted by molar-refractivity contribution is -0.132. The number of aliphatic hydroxyl groups excluding tert-OH is 1. The van der Waals surface area contributed by atoms with Gasteiger partial charge in [-0.25, -0.2) is 0 Å². The molecular weight excluding hydrogens is 434 g/mol. The first kappa shape index (κ1) is 21.6. The van der Waals surface area contributed by atoms with Gasteiger partial charge in [0.15, 0.2) is 11.5 Å². The van der Waals surface area contributed by atoms with Crippen LogP contribution in [-0.4, -0.2) is 30.2 Å². The van der Waals surface area contributed by atoms with E-state index in [4.69, 9.17) is 14.2 Å². The van der Waals surface area contributed by atoms with Gasteiger partial charge in [0.25, 0.3) is 11.7 Å². The summed E-state index contributed by atoms with van der Waals surface area (Å²) >= 11 is 0. The lowest BCUT2D eigenvalue weighted by Gasteiger charge is -2.25. The van der Waals surface area contributed by atoms with E-state index in [-0.39, 0.29) is 18.1 Å². The Morgan fingerprint density at radius 3 is 2.53 bits per heavy atom. The number of carbonyl (C=O) groups excluding carboxylic acids is 2. The van der Waals surface area contributed by atoms with Crippen LogP contribution in [-0.2, 0) is 9.59 Å². The van der Waals surface area contributed by atoms with E-state index in [0.717, 1.165) is 5.56 Å². The molecule has 1 amide bonds. The number of hydrogen-bond donors (Lipinski definition) is 1. The fraction of sp³-hybridized carbons (Fsp3) is 0.185. The maximum atomic E-state index is 13.3. The molecule has 1 fully saturated rings. The molecule has 3 aromatic rings. The van der Waals surface area contributed by atoms with Crippen LogP contribution in [0, 0.1) is 6.92 Å². The molecule has 0 radical (unpaired) electrons. The van der Waals surface area contributed by atoms with Gasteiger partial charge in [-0.15, -0.1) is 0 Å². The van der Waals surface area contributed by atoms with Gasteiger partial charge in [0, 0.05) is 17.3 Å². The van der Waals surface area contributed by atoms with Crippen LogP contribution >= 0.6 is 0 Å². The maximum absolute atomic E-state index is 13.3. The molecule has 0 bridgehead atoms. The second kappa shape index (κ2) is 8.59. The van der Waals surface area contributed by atoms with Gasteiger partial charge in [0.05, 0.1) is 18.2 Å². The zero-order chi connectivity index (χ0) is 23.8. The highest BCUT2D eigenvalue weighted by Crippen LogP contribution is 2.45. The molecule has 2 aliphatic rings. The highest BCUT2D eigenvalue weighted by molar-refractivity contribution is 6.51. The zero-order valence-electron chi connectivity index (χ0n) is 18.8. The summed E-state index contributed by atoms with van der Waals surface area (Å²) in [5, 5.41) is 11.3. The van der Waals surface area contributed by atoms with Crippen molar-refractivity contribution < 1.29 is 28.9 Å². The van der Waals surface area contributed by atoms with Crippen LogP contribution in [0.3, 0.4) is 0 Å².